The minimum atomic E-state index is 0. The zero-order chi connectivity index (χ0) is 14.8. The van der Waals surface area contributed by atoms with Gasteiger partial charge in [-0.15, -0.1) is 24.8 Å². The van der Waals surface area contributed by atoms with E-state index >= 15 is 0 Å². The van der Waals surface area contributed by atoms with Crippen molar-refractivity contribution < 1.29 is 4.79 Å². The summed E-state index contributed by atoms with van der Waals surface area (Å²) in [4.78, 5) is 14.3. The highest BCUT2D eigenvalue weighted by atomic mass is 35.5. The molecule has 1 aliphatic rings. The van der Waals surface area contributed by atoms with Gasteiger partial charge in [-0.05, 0) is 58.2 Å². The van der Waals surface area contributed by atoms with E-state index < -0.39 is 0 Å². The van der Waals surface area contributed by atoms with Crippen molar-refractivity contribution in [1.29, 1.82) is 0 Å². The van der Waals surface area contributed by atoms with E-state index in [2.05, 4.69) is 24.1 Å². The van der Waals surface area contributed by atoms with Gasteiger partial charge in [-0.3, -0.25) is 9.69 Å². The number of nitrogens with two attached hydrogens (primary N) is 1. The number of amides is 1. The Balaban J connectivity index is 0. The summed E-state index contributed by atoms with van der Waals surface area (Å²) in [7, 11) is 0. The Morgan fingerprint density at radius 2 is 1.77 bits per heavy atom. The normalized spacial score (nSPS) is 17.2. The fourth-order valence-corrected chi connectivity index (χ4v) is 2.73. The fraction of sp³-hybridized carbons (Fsp3) is 0.938. The topological polar surface area (TPSA) is 58.4 Å². The molecule has 1 aliphatic heterocycles. The van der Waals surface area contributed by atoms with Gasteiger partial charge in [0.25, 0.3) is 0 Å². The number of unbranched alkanes of at least 4 members (excludes halogenated alkanes) is 3. The number of likely N-dealkylation sites (tertiary alicyclic amines) is 1. The number of hydrogen-bond donors (Lipinski definition) is 2. The summed E-state index contributed by atoms with van der Waals surface area (Å²) in [5.74, 6) is 1.07. The molecule has 4 nitrogen and oxygen atoms in total. The van der Waals surface area contributed by atoms with Crippen molar-refractivity contribution in [1.82, 2.24) is 10.2 Å². The van der Waals surface area contributed by atoms with Crippen LogP contribution in [-0.2, 0) is 4.79 Å². The van der Waals surface area contributed by atoms with Crippen molar-refractivity contribution in [3.63, 3.8) is 0 Å². The van der Waals surface area contributed by atoms with Gasteiger partial charge in [0.2, 0.25) is 5.91 Å². The summed E-state index contributed by atoms with van der Waals surface area (Å²) in [5.41, 5.74) is 5.45. The van der Waals surface area contributed by atoms with Gasteiger partial charge in [-0.25, -0.2) is 0 Å². The van der Waals surface area contributed by atoms with E-state index in [1.165, 1.54) is 25.9 Å². The van der Waals surface area contributed by atoms with Crippen LogP contribution >= 0.6 is 24.8 Å². The molecular formula is C16H35Cl2N3O. The second-order valence-corrected chi connectivity index (χ2v) is 6.32. The summed E-state index contributed by atoms with van der Waals surface area (Å²) >= 11 is 0. The van der Waals surface area contributed by atoms with Gasteiger partial charge < -0.3 is 11.1 Å². The Hall–Kier alpha value is -0.0300. The van der Waals surface area contributed by atoms with Gasteiger partial charge in [0.15, 0.2) is 0 Å². The van der Waals surface area contributed by atoms with E-state index in [-0.39, 0.29) is 30.7 Å². The molecule has 1 unspecified atom stereocenters. The zero-order valence-electron chi connectivity index (χ0n) is 14.2. The Labute approximate surface area is 148 Å². The van der Waals surface area contributed by atoms with Crippen LogP contribution in [0.15, 0.2) is 0 Å². The maximum atomic E-state index is 11.8. The first kappa shape index (κ1) is 24.2. The first-order valence-corrected chi connectivity index (χ1v) is 8.34. The maximum absolute atomic E-state index is 11.8. The highest BCUT2D eigenvalue weighted by Crippen LogP contribution is 2.17. The van der Waals surface area contributed by atoms with Crippen LogP contribution < -0.4 is 11.1 Å². The van der Waals surface area contributed by atoms with Crippen LogP contribution in [0.4, 0.5) is 0 Å². The Bertz CT molecular complexity index is 272. The molecule has 134 valence electrons. The van der Waals surface area contributed by atoms with Crippen LogP contribution in [0.5, 0.6) is 0 Å². The smallest absolute Gasteiger partial charge is 0.220 e. The molecule has 6 heteroatoms. The third-order valence-corrected chi connectivity index (χ3v) is 4.39. The number of rotatable bonds is 9. The van der Waals surface area contributed by atoms with Crippen molar-refractivity contribution in [2.24, 2.45) is 11.7 Å². The molecule has 0 radical (unpaired) electrons. The zero-order valence-corrected chi connectivity index (χ0v) is 15.8. The van der Waals surface area contributed by atoms with Gasteiger partial charge in [-0.2, -0.15) is 0 Å². The van der Waals surface area contributed by atoms with Crippen LogP contribution in [-0.4, -0.2) is 43.0 Å². The van der Waals surface area contributed by atoms with E-state index in [1.54, 1.807) is 0 Å². The lowest BCUT2D eigenvalue weighted by Gasteiger charge is -2.35. The molecule has 0 bridgehead atoms. The van der Waals surface area contributed by atoms with Crippen molar-refractivity contribution in [3.05, 3.63) is 0 Å². The highest BCUT2D eigenvalue weighted by Gasteiger charge is 2.20. The van der Waals surface area contributed by atoms with Crippen LogP contribution in [0.2, 0.25) is 0 Å². The van der Waals surface area contributed by atoms with Gasteiger partial charge in [-0.1, -0.05) is 19.8 Å². The van der Waals surface area contributed by atoms with Crippen LogP contribution in [0.25, 0.3) is 0 Å². The lowest BCUT2D eigenvalue weighted by atomic mass is 9.98. The summed E-state index contributed by atoms with van der Waals surface area (Å²) in [6.45, 7) is 8.45. The molecule has 0 aromatic rings. The molecule has 1 fully saturated rings. The molecule has 0 saturated carbocycles. The van der Waals surface area contributed by atoms with E-state index in [0.717, 1.165) is 44.7 Å². The standard InChI is InChI=1S/C16H33N3O.2ClH/c1-14-8-11-19(12-9-14)15(2)13-18-16(20)7-5-3-4-6-10-17;;/h14-15H,3-13,17H2,1-2H3,(H,18,20);2*1H. The summed E-state index contributed by atoms with van der Waals surface area (Å²) < 4.78 is 0. The monoisotopic (exact) mass is 355 g/mol. The van der Waals surface area contributed by atoms with E-state index in [9.17, 15) is 4.79 Å². The van der Waals surface area contributed by atoms with Crippen LogP contribution in [0, 0.1) is 5.92 Å². The Morgan fingerprint density at radius 3 is 2.36 bits per heavy atom. The second-order valence-electron chi connectivity index (χ2n) is 6.32. The average Bonchev–Trinajstić information content (AvgIpc) is 2.45. The summed E-state index contributed by atoms with van der Waals surface area (Å²) in [6.07, 6.45) is 7.57. The number of halogens is 2. The van der Waals surface area contributed by atoms with Crippen molar-refractivity contribution in [2.45, 2.75) is 64.8 Å². The molecule has 0 spiro atoms. The van der Waals surface area contributed by atoms with Crippen molar-refractivity contribution in [3.8, 4) is 0 Å². The number of nitrogens with zero attached hydrogens (tertiary/aromatic N) is 1. The summed E-state index contributed by atoms with van der Waals surface area (Å²) in [5, 5.41) is 3.08. The van der Waals surface area contributed by atoms with Crippen molar-refractivity contribution in [2.75, 3.05) is 26.2 Å². The van der Waals surface area contributed by atoms with Gasteiger partial charge >= 0.3 is 0 Å². The van der Waals surface area contributed by atoms with Crippen molar-refractivity contribution >= 4 is 30.7 Å². The van der Waals surface area contributed by atoms with Crippen LogP contribution in [0.3, 0.4) is 0 Å². The number of carbonyl (C=O) groups is 1. The quantitative estimate of drug-likeness (QED) is 0.625. The third kappa shape index (κ3) is 10.7. The SMILES string of the molecule is CC1CCN(C(C)CNC(=O)CCCCCCN)CC1.Cl.Cl. The van der Waals surface area contributed by atoms with Crippen LogP contribution in [0.1, 0.15) is 58.8 Å². The molecular weight excluding hydrogens is 321 g/mol. The first-order chi connectivity index (χ1) is 9.63. The summed E-state index contributed by atoms with van der Waals surface area (Å²) in [6, 6.07) is 0.462. The molecule has 3 N–H and O–H groups in total. The van der Waals surface area contributed by atoms with Gasteiger partial charge in [0.05, 0.1) is 0 Å². The number of carbonyl (C=O) groups excluding carboxylic acids is 1. The van der Waals surface area contributed by atoms with E-state index in [0.29, 0.717) is 12.5 Å². The average molecular weight is 356 g/mol. The van der Waals surface area contributed by atoms with Gasteiger partial charge in [0.1, 0.15) is 0 Å². The molecule has 1 saturated heterocycles. The minimum absolute atomic E-state index is 0. The number of hydrogen-bond acceptors (Lipinski definition) is 3. The number of piperidine rings is 1. The minimum Gasteiger partial charge on any atom is -0.355 e. The lowest BCUT2D eigenvalue weighted by molar-refractivity contribution is -0.121. The molecule has 22 heavy (non-hydrogen) atoms. The van der Waals surface area contributed by atoms with E-state index in [1.807, 2.05) is 0 Å². The van der Waals surface area contributed by atoms with E-state index in [4.69, 9.17) is 5.73 Å². The van der Waals surface area contributed by atoms with Gasteiger partial charge in [0, 0.05) is 19.0 Å². The third-order valence-electron chi connectivity index (χ3n) is 4.39. The fourth-order valence-electron chi connectivity index (χ4n) is 2.73. The number of nitrogens with one attached hydrogen (secondary N) is 1. The molecule has 0 aromatic heterocycles. The predicted octanol–water partition coefficient (Wildman–Crippen LogP) is 2.98. The lowest BCUT2D eigenvalue weighted by Crippen LogP contribution is -2.45. The molecule has 1 rings (SSSR count). The largest absolute Gasteiger partial charge is 0.355 e. The first-order valence-electron chi connectivity index (χ1n) is 8.34. The Kier molecular flexibility index (Phi) is 16.0. The maximum Gasteiger partial charge on any atom is 0.220 e. The second kappa shape index (κ2) is 14.6. The highest BCUT2D eigenvalue weighted by molar-refractivity contribution is 5.85. The molecule has 0 aromatic carbocycles. The Morgan fingerprint density at radius 1 is 1.18 bits per heavy atom. The molecule has 1 heterocycles. The predicted molar refractivity (Wildman–Crippen MR) is 99.1 cm³/mol. The molecule has 0 aliphatic carbocycles. The molecule has 1 amide bonds. The molecule has 1 atom stereocenters.